The summed E-state index contributed by atoms with van der Waals surface area (Å²) in [6, 6.07) is 9.81. The summed E-state index contributed by atoms with van der Waals surface area (Å²) in [5.74, 6) is -0.113. The third-order valence-corrected chi connectivity index (χ3v) is 2.34. The molecule has 0 bridgehead atoms. The van der Waals surface area contributed by atoms with Gasteiger partial charge in [-0.25, -0.2) is 0 Å². The molecular formula is C13H19NO3. The lowest BCUT2D eigenvalue weighted by Crippen LogP contribution is -2.30. The fourth-order valence-corrected chi connectivity index (χ4v) is 1.42. The maximum atomic E-state index is 11.5. The van der Waals surface area contributed by atoms with Gasteiger partial charge in [0.1, 0.15) is 6.61 Å². The van der Waals surface area contributed by atoms with Crippen LogP contribution in [0.4, 0.5) is 0 Å². The van der Waals surface area contributed by atoms with Gasteiger partial charge in [-0.1, -0.05) is 30.3 Å². The summed E-state index contributed by atoms with van der Waals surface area (Å²) in [6.07, 6.45) is 0. The predicted molar refractivity (Wildman–Crippen MR) is 65.7 cm³/mol. The van der Waals surface area contributed by atoms with Crippen LogP contribution in [-0.2, 0) is 14.3 Å². The highest BCUT2D eigenvalue weighted by Gasteiger charge is 2.08. The van der Waals surface area contributed by atoms with Crippen molar-refractivity contribution in [2.45, 2.75) is 13.0 Å². The molecule has 0 aliphatic rings. The van der Waals surface area contributed by atoms with Gasteiger partial charge in [0.2, 0.25) is 5.91 Å². The van der Waals surface area contributed by atoms with Crippen molar-refractivity contribution >= 4 is 5.91 Å². The van der Waals surface area contributed by atoms with E-state index in [0.29, 0.717) is 13.2 Å². The van der Waals surface area contributed by atoms with E-state index in [9.17, 15) is 4.79 Å². The van der Waals surface area contributed by atoms with Crippen molar-refractivity contribution in [2.75, 3.05) is 26.9 Å². The molecule has 0 spiro atoms. The first-order valence-electron chi connectivity index (χ1n) is 5.65. The maximum Gasteiger partial charge on any atom is 0.246 e. The molecule has 0 unspecified atom stereocenters. The first-order chi connectivity index (χ1) is 8.24. The standard InChI is InChI=1S/C13H19NO3/c1-11(12-6-4-3-5-7-12)14-13(15)10-17-9-8-16-2/h3-7,11H,8-10H2,1-2H3,(H,14,15)/t11-/m0/s1. The van der Waals surface area contributed by atoms with Crippen LogP contribution in [-0.4, -0.2) is 32.8 Å². The van der Waals surface area contributed by atoms with E-state index in [0.717, 1.165) is 5.56 Å². The zero-order valence-electron chi connectivity index (χ0n) is 10.3. The number of carbonyl (C=O) groups is 1. The molecule has 1 amide bonds. The summed E-state index contributed by atoms with van der Waals surface area (Å²) in [4.78, 5) is 11.5. The number of benzene rings is 1. The monoisotopic (exact) mass is 237 g/mol. The largest absolute Gasteiger partial charge is 0.382 e. The number of amides is 1. The second kappa shape index (κ2) is 7.81. The minimum absolute atomic E-state index is 0.00488. The Morgan fingerprint density at radius 2 is 2.00 bits per heavy atom. The van der Waals surface area contributed by atoms with Crippen LogP contribution >= 0.6 is 0 Å². The fourth-order valence-electron chi connectivity index (χ4n) is 1.42. The van der Waals surface area contributed by atoms with Crippen LogP contribution < -0.4 is 5.32 Å². The normalized spacial score (nSPS) is 12.1. The summed E-state index contributed by atoms with van der Waals surface area (Å²) < 4.78 is 9.95. The molecule has 94 valence electrons. The van der Waals surface area contributed by atoms with E-state index in [-0.39, 0.29) is 18.6 Å². The van der Waals surface area contributed by atoms with E-state index in [2.05, 4.69) is 5.32 Å². The second-order valence-corrected chi connectivity index (χ2v) is 3.75. The Morgan fingerprint density at radius 1 is 1.29 bits per heavy atom. The number of methoxy groups -OCH3 is 1. The average Bonchev–Trinajstić information content (AvgIpc) is 2.36. The molecule has 0 aliphatic carbocycles. The molecule has 0 heterocycles. The van der Waals surface area contributed by atoms with Crippen LogP contribution in [0.3, 0.4) is 0 Å². The SMILES string of the molecule is COCCOCC(=O)N[C@@H](C)c1ccccc1. The lowest BCUT2D eigenvalue weighted by atomic mass is 10.1. The van der Waals surface area contributed by atoms with E-state index in [1.807, 2.05) is 37.3 Å². The molecule has 0 aliphatic heterocycles. The Balaban J connectivity index is 2.26. The molecule has 0 aromatic heterocycles. The summed E-state index contributed by atoms with van der Waals surface area (Å²) in [5, 5.41) is 2.87. The number of rotatable bonds is 7. The highest BCUT2D eigenvalue weighted by molar-refractivity contribution is 5.77. The summed E-state index contributed by atoms with van der Waals surface area (Å²) in [7, 11) is 1.60. The van der Waals surface area contributed by atoms with Gasteiger partial charge in [0.25, 0.3) is 0 Å². The second-order valence-electron chi connectivity index (χ2n) is 3.75. The third-order valence-electron chi connectivity index (χ3n) is 2.34. The first kappa shape index (κ1) is 13.7. The van der Waals surface area contributed by atoms with Crippen molar-refractivity contribution in [3.8, 4) is 0 Å². The number of hydrogen-bond donors (Lipinski definition) is 1. The van der Waals surface area contributed by atoms with Crippen LogP contribution in [0, 0.1) is 0 Å². The highest BCUT2D eigenvalue weighted by Crippen LogP contribution is 2.10. The molecule has 0 saturated heterocycles. The Labute approximate surface area is 102 Å². The minimum atomic E-state index is -0.113. The van der Waals surface area contributed by atoms with E-state index in [1.165, 1.54) is 0 Å². The molecule has 1 rings (SSSR count). The topological polar surface area (TPSA) is 47.6 Å². The van der Waals surface area contributed by atoms with Gasteiger partial charge in [0, 0.05) is 7.11 Å². The molecule has 1 N–H and O–H groups in total. The molecular weight excluding hydrogens is 218 g/mol. The van der Waals surface area contributed by atoms with Crippen molar-refractivity contribution in [1.82, 2.24) is 5.32 Å². The molecule has 0 saturated carbocycles. The van der Waals surface area contributed by atoms with Gasteiger partial charge in [0.05, 0.1) is 19.3 Å². The number of ether oxygens (including phenoxy) is 2. The maximum absolute atomic E-state index is 11.5. The third kappa shape index (κ3) is 5.47. The Kier molecular flexibility index (Phi) is 6.29. The van der Waals surface area contributed by atoms with Gasteiger partial charge in [-0.15, -0.1) is 0 Å². The van der Waals surface area contributed by atoms with Crippen molar-refractivity contribution in [2.24, 2.45) is 0 Å². The van der Waals surface area contributed by atoms with Gasteiger partial charge < -0.3 is 14.8 Å². The van der Waals surface area contributed by atoms with Crippen molar-refractivity contribution in [3.63, 3.8) is 0 Å². The van der Waals surface area contributed by atoms with Crippen LogP contribution in [0.15, 0.2) is 30.3 Å². The molecule has 1 aromatic rings. The quantitative estimate of drug-likeness (QED) is 0.731. The molecule has 4 heteroatoms. The van der Waals surface area contributed by atoms with Gasteiger partial charge >= 0.3 is 0 Å². The van der Waals surface area contributed by atoms with Crippen molar-refractivity contribution < 1.29 is 14.3 Å². The molecule has 4 nitrogen and oxygen atoms in total. The fraction of sp³-hybridized carbons (Fsp3) is 0.462. The average molecular weight is 237 g/mol. The summed E-state index contributed by atoms with van der Waals surface area (Å²) >= 11 is 0. The highest BCUT2D eigenvalue weighted by atomic mass is 16.5. The molecule has 0 radical (unpaired) electrons. The van der Waals surface area contributed by atoms with Crippen LogP contribution in [0.5, 0.6) is 0 Å². The van der Waals surface area contributed by atoms with Crippen LogP contribution in [0.2, 0.25) is 0 Å². The van der Waals surface area contributed by atoms with Crippen molar-refractivity contribution in [3.05, 3.63) is 35.9 Å². The number of hydrogen-bond acceptors (Lipinski definition) is 3. The van der Waals surface area contributed by atoms with Crippen LogP contribution in [0.25, 0.3) is 0 Å². The van der Waals surface area contributed by atoms with Gasteiger partial charge in [0.15, 0.2) is 0 Å². The molecule has 0 fully saturated rings. The smallest absolute Gasteiger partial charge is 0.246 e. The first-order valence-corrected chi connectivity index (χ1v) is 5.65. The lowest BCUT2D eigenvalue weighted by molar-refractivity contribution is -0.126. The zero-order chi connectivity index (χ0) is 12.5. The number of nitrogens with one attached hydrogen (secondary N) is 1. The Hall–Kier alpha value is -1.39. The Morgan fingerprint density at radius 3 is 2.65 bits per heavy atom. The summed E-state index contributed by atoms with van der Waals surface area (Å²) in [6.45, 7) is 2.95. The molecule has 1 aromatic carbocycles. The van der Waals surface area contributed by atoms with E-state index in [4.69, 9.17) is 9.47 Å². The van der Waals surface area contributed by atoms with Gasteiger partial charge in [-0.3, -0.25) is 4.79 Å². The van der Waals surface area contributed by atoms with E-state index < -0.39 is 0 Å². The van der Waals surface area contributed by atoms with Crippen molar-refractivity contribution in [1.29, 1.82) is 0 Å². The molecule has 1 atom stereocenters. The zero-order valence-corrected chi connectivity index (χ0v) is 10.3. The molecule has 17 heavy (non-hydrogen) atoms. The van der Waals surface area contributed by atoms with Gasteiger partial charge in [-0.2, -0.15) is 0 Å². The lowest BCUT2D eigenvalue weighted by Gasteiger charge is -2.14. The number of carbonyl (C=O) groups excluding carboxylic acids is 1. The van der Waals surface area contributed by atoms with Crippen LogP contribution in [0.1, 0.15) is 18.5 Å². The van der Waals surface area contributed by atoms with Gasteiger partial charge in [-0.05, 0) is 12.5 Å². The Bertz CT molecular complexity index is 327. The minimum Gasteiger partial charge on any atom is -0.382 e. The van der Waals surface area contributed by atoms with E-state index >= 15 is 0 Å². The predicted octanol–water partition coefficient (Wildman–Crippen LogP) is 1.53. The van der Waals surface area contributed by atoms with E-state index in [1.54, 1.807) is 7.11 Å². The summed E-state index contributed by atoms with van der Waals surface area (Å²) in [5.41, 5.74) is 1.08.